The molecule has 26 heavy (non-hydrogen) atoms. The number of hydrogen-bond acceptors (Lipinski definition) is 3. The normalized spacial score (nSPS) is 10.1. The molecule has 0 aliphatic carbocycles. The molecule has 0 atom stereocenters. The average Bonchev–Trinajstić information content (AvgIpc) is 2.63. The number of unbranched alkanes of at least 4 members (excludes halogenated alkanes) is 1. The number of carbonyl (C=O) groups excluding carboxylic acids is 2. The van der Waals surface area contributed by atoms with Crippen molar-refractivity contribution in [3.8, 4) is 5.75 Å². The molecule has 0 fully saturated rings. The zero-order valence-corrected chi connectivity index (χ0v) is 14.8. The largest absolute Gasteiger partial charge is 0.494 e. The van der Waals surface area contributed by atoms with Gasteiger partial charge in [0.1, 0.15) is 11.6 Å². The van der Waals surface area contributed by atoms with Crippen LogP contribution in [0.2, 0.25) is 0 Å². The van der Waals surface area contributed by atoms with Gasteiger partial charge in [-0.05, 0) is 55.3 Å². The van der Waals surface area contributed by atoms with E-state index in [1.807, 2.05) is 0 Å². The first kappa shape index (κ1) is 19.2. The van der Waals surface area contributed by atoms with Crippen molar-refractivity contribution in [2.24, 2.45) is 0 Å². The van der Waals surface area contributed by atoms with Crippen molar-refractivity contribution >= 4 is 17.6 Å². The lowest BCUT2D eigenvalue weighted by Crippen LogP contribution is -2.44. The summed E-state index contributed by atoms with van der Waals surface area (Å²) in [6.07, 6.45) is 2.00. The Balaban J connectivity index is 1.82. The summed E-state index contributed by atoms with van der Waals surface area (Å²) in [6.45, 7) is 4.44. The minimum atomic E-state index is -0.749. The lowest BCUT2D eigenvalue weighted by atomic mass is 10.2. The van der Waals surface area contributed by atoms with Crippen LogP contribution in [0, 0.1) is 12.7 Å². The van der Waals surface area contributed by atoms with Crippen LogP contribution in [0.4, 0.5) is 14.9 Å². The summed E-state index contributed by atoms with van der Waals surface area (Å²) in [4.78, 5) is 23.8. The second-order valence-electron chi connectivity index (χ2n) is 5.74. The fourth-order valence-corrected chi connectivity index (χ4v) is 2.10. The van der Waals surface area contributed by atoms with Gasteiger partial charge in [-0.2, -0.15) is 0 Å². The molecule has 0 radical (unpaired) electrons. The molecule has 0 saturated carbocycles. The number of aryl methyl sites for hydroxylation is 1. The van der Waals surface area contributed by atoms with Gasteiger partial charge in [-0.15, -0.1) is 0 Å². The summed E-state index contributed by atoms with van der Waals surface area (Å²) in [5.41, 5.74) is 5.56. The molecule has 0 unspecified atom stereocenters. The molecule has 138 valence electrons. The van der Waals surface area contributed by atoms with Crippen molar-refractivity contribution in [3.05, 3.63) is 59.4 Å². The average molecular weight is 359 g/mol. The highest BCUT2D eigenvalue weighted by molar-refractivity contribution is 5.97. The molecule has 0 bridgehead atoms. The molecule has 7 heteroatoms. The van der Waals surface area contributed by atoms with E-state index in [2.05, 4.69) is 23.1 Å². The topological polar surface area (TPSA) is 79.5 Å². The highest BCUT2D eigenvalue weighted by Gasteiger charge is 2.09. The van der Waals surface area contributed by atoms with Gasteiger partial charge >= 0.3 is 6.03 Å². The Hall–Kier alpha value is -3.09. The van der Waals surface area contributed by atoms with E-state index in [4.69, 9.17) is 4.74 Å². The Morgan fingerprint density at radius 1 is 1.08 bits per heavy atom. The first-order chi connectivity index (χ1) is 12.5. The number of nitrogens with one attached hydrogen (secondary N) is 3. The Morgan fingerprint density at radius 2 is 1.81 bits per heavy atom. The zero-order chi connectivity index (χ0) is 18.9. The second-order valence-corrected chi connectivity index (χ2v) is 5.74. The third-order valence-electron chi connectivity index (χ3n) is 3.55. The molecule has 0 saturated heterocycles. The van der Waals surface area contributed by atoms with Gasteiger partial charge in [-0.25, -0.2) is 14.6 Å². The number of rotatable bonds is 6. The maximum Gasteiger partial charge on any atom is 0.338 e. The number of anilines is 1. The van der Waals surface area contributed by atoms with Crippen LogP contribution in [0.15, 0.2) is 42.5 Å². The Bertz CT molecular complexity index is 763. The molecule has 2 rings (SSSR count). The number of carbonyl (C=O) groups is 2. The number of amides is 3. The quantitative estimate of drug-likeness (QED) is 0.542. The SMILES string of the molecule is CCCCOc1ccc(C(=O)NNC(=O)Nc2ccc(C)cc2F)cc1. The molecule has 0 aliphatic rings. The molecule has 3 amide bonds. The smallest absolute Gasteiger partial charge is 0.338 e. The van der Waals surface area contributed by atoms with Crippen molar-refractivity contribution in [2.45, 2.75) is 26.7 Å². The summed E-state index contributed by atoms with van der Waals surface area (Å²) in [5.74, 6) is -0.370. The number of urea groups is 1. The molecule has 0 aliphatic heterocycles. The van der Waals surface area contributed by atoms with E-state index in [0.717, 1.165) is 18.4 Å². The molecular formula is C19H22FN3O3. The first-order valence-electron chi connectivity index (χ1n) is 8.36. The van der Waals surface area contributed by atoms with E-state index < -0.39 is 17.8 Å². The van der Waals surface area contributed by atoms with Crippen LogP contribution in [0.1, 0.15) is 35.7 Å². The van der Waals surface area contributed by atoms with Gasteiger partial charge in [0.15, 0.2) is 0 Å². The third-order valence-corrected chi connectivity index (χ3v) is 3.55. The fourth-order valence-electron chi connectivity index (χ4n) is 2.10. The monoisotopic (exact) mass is 359 g/mol. The maximum atomic E-state index is 13.7. The van der Waals surface area contributed by atoms with Crippen LogP contribution in [-0.2, 0) is 0 Å². The van der Waals surface area contributed by atoms with Gasteiger partial charge in [0.05, 0.1) is 12.3 Å². The lowest BCUT2D eigenvalue weighted by Gasteiger charge is -2.10. The van der Waals surface area contributed by atoms with Gasteiger partial charge < -0.3 is 10.1 Å². The zero-order valence-electron chi connectivity index (χ0n) is 14.8. The number of ether oxygens (including phenoxy) is 1. The summed E-state index contributed by atoms with van der Waals surface area (Å²) in [7, 11) is 0. The van der Waals surface area contributed by atoms with Crippen molar-refractivity contribution in [2.75, 3.05) is 11.9 Å². The van der Waals surface area contributed by atoms with E-state index in [-0.39, 0.29) is 5.69 Å². The highest BCUT2D eigenvalue weighted by Crippen LogP contribution is 2.15. The van der Waals surface area contributed by atoms with Crippen LogP contribution in [0.5, 0.6) is 5.75 Å². The minimum Gasteiger partial charge on any atom is -0.494 e. The van der Waals surface area contributed by atoms with Crippen LogP contribution >= 0.6 is 0 Å². The van der Waals surface area contributed by atoms with E-state index >= 15 is 0 Å². The number of hydrogen-bond donors (Lipinski definition) is 3. The van der Waals surface area contributed by atoms with Gasteiger partial charge in [0.2, 0.25) is 0 Å². The van der Waals surface area contributed by atoms with Gasteiger partial charge in [-0.3, -0.25) is 10.2 Å². The summed E-state index contributed by atoms with van der Waals surface area (Å²) < 4.78 is 19.2. The van der Waals surface area contributed by atoms with E-state index in [1.165, 1.54) is 12.1 Å². The van der Waals surface area contributed by atoms with Crippen molar-refractivity contribution in [1.29, 1.82) is 0 Å². The van der Waals surface area contributed by atoms with Gasteiger partial charge in [0, 0.05) is 5.56 Å². The first-order valence-corrected chi connectivity index (χ1v) is 8.36. The Labute approximate surface area is 151 Å². The van der Waals surface area contributed by atoms with E-state index in [9.17, 15) is 14.0 Å². The Kier molecular flexibility index (Phi) is 6.96. The van der Waals surface area contributed by atoms with E-state index in [0.29, 0.717) is 17.9 Å². The fraction of sp³-hybridized carbons (Fsp3) is 0.263. The standard InChI is InChI=1S/C19H22FN3O3/c1-3-4-11-26-15-8-6-14(7-9-15)18(24)22-23-19(25)21-17-10-5-13(2)12-16(17)20/h5-10,12H,3-4,11H2,1-2H3,(H,22,24)(H2,21,23,25). The van der Waals surface area contributed by atoms with Gasteiger partial charge in [-0.1, -0.05) is 19.4 Å². The van der Waals surface area contributed by atoms with Crippen molar-refractivity contribution < 1.29 is 18.7 Å². The Morgan fingerprint density at radius 3 is 2.46 bits per heavy atom. The van der Waals surface area contributed by atoms with Crippen molar-refractivity contribution in [1.82, 2.24) is 10.9 Å². The third kappa shape index (κ3) is 5.77. The number of hydrazine groups is 1. The van der Waals surface area contributed by atoms with Crippen LogP contribution in [0.3, 0.4) is 0 Å². The lowest BCUT2D eigenvalue weighted by molar-refractivity contribution is 0.0938. The predicted octanol–water partition coefficient (Wildman–Crippen LogP) is 3.78. The highest BCUT2D eigenvalue weighted by atomic mass is 19.1. The van der Waals surface area contributed by atoms with Crippen LogP contribution < -0.4 is 20.9 Å². The molecule has 2 aromatic rings. The molecule has 0 spiro atoms. The molecule has 6 nitrogen and oxygen atoms in total. The van der Waals surface area contributed by atoms with Crippen LogP contribution in [0.25, 0.3) is 0 Å². The number of halogens is 1. The summed E-state index contributed by atoms with van der Waals surface area (Å²) >= 11 is 0. The second kappa shape index (κ2) is 9.41. The maximum absolute atomic E-state index is 13.7. The molecule has 3 N–H and O–H groups in total. The predicted molar refractivity (Wildman–Crippen MR) is 97.6 cm³/mol. The van der Waals surface area contributed by atoms with Crippen molar-refractivity contribution in [3.63, 3.8) is 0 Å². The molecule has 0 heterocycles. The molecule has 2 aromatic carbocycles. The molecule has 0 aromatic heterocycles. The summed E-state index contributed by atoms with van der Waals surface area (Å²) in [5, 5.41) is 2.32. The molecular weight excluding hydrogens is 337 g/mol. The van der Waals surface area contributed by atoms with Crippen LogP contribution in [-0.4, -0.2) is 18.5 Å². The number of benzene rings is 2. The van der Waals surface area contributed by atoms with Gasteiger partial charge in [0.25, 0.3) is 5.91 Å². The summed E-state index contributed by atoms with van der Waals surface area (Å²) in [6, 6.07) is 10.2. The minimum absolute atomic E-state index is 0.0240. The van der Waals surface area contributed by atoms with E-state index in [1.54, 1.807) is 37.3 Å².